The predicted molar refractivity (Wildman–Crippen MR) is 136 cm³/mol. The number of anilines is 1. The molecule has 5 nitrogen and oxygen atoms in total. The zero-order valence-corrected chi connectivity index (χ0v) is 20.4. The SMILES string of the molecule is CCCc1cc(-c2cc(NCCc3c(C)sc4c(C)cc(F)cc34)ncn2)ccc1CC(=O)O. The van der Waals surface area contributed by atoms with E-state index in [0.717, 1.165) is 63.1 Å². The molecule has 0 saturated carbocycles. The number of carboxylic acids is 1. The summed E-state index contributed by atoms with van der Waals surface area (Å²) in [5, 5.41) is 13.6. The number of fused-ring (bicyclic) bond motifs is 1. The first kappa shape index (κ1) is 23.8. The molecule has 0 radical (unpaired) electrons. The lowest BCUT2D eigenvalue weighted by Crippen LogP contribution is -2.07. The molecule has 0 saturated heterocycles. The normalized spacial score (nSPS) is 11.2. The van der Waals surface area contributed by atoms with Gasteiger partial charge in [0, 0.05) is 27.8 Å². The van der Waals surface area contributed by atoms with E-state index in [0.29, 0.717) is 6.54 Å². The molecule has 0 spiro atoms. The second kappa shape index (κ2) is 10.3. The van der Waals surface area contributed by atoms with Gasteiger partial charge in [0.1, 0.15) is 18.0 Å². The highest BCUT2D eigenvalue weighted by atomic mass is 32.1. The molecule has 0 aliphatic carbocycles. The van der Waals surface area contributed by atoms with Crippen LogP contribution in [0.25, 0.3) is 21.3 Å². The van der Waals surface area contributed by atoms with Gasteiger partial charge in [-0.2, -0.15) is 0 Å². The van der Waals surface area contributed by atoms with Crippen LogP contribution in [0.1, 0.15) is 40.5 Å². The highest BCUT2D eigenvalue weighted by Crippen LogP contribution is 2.34. The molecule has 4 aromatic rings. The van der Waals surface area contributed by atoms with Crippen molar-refractivity contribution in [2.75, 3.05) is 11.9 Å². The molecular weight excluding hydrogens is 449 g/mol. The number of nitrogens with one attached hydrogen (secondary N) is 1. The van der Waals surface area contributed by atoms with Gasteiger partial charge < -0.3 is 10.4 Å². The highest BCUT2D eigenvalue weighted by molar-refractivity contribution is 7.19. The van der Waals surface area contributed by atoms with E-state index in [2.05, 4.69) is 29.1 Å². The van der Waals surface area contributed by atoms with Gasteiger partial charge in [-0.25, -0.2) is 14.4 Å². The third-order valence-electron chi connectivity index (χ3n) is 5.96. The van der Waals surface area contributed by atoms with Gasteiger partial charge in [-0.05, 0) is 72.5 Å². The minimum absolute atomic E-state index is 0.0201. The summed E-state index contributed by atoms with van der Waals surface area (Å²) in [7, 11) is 0. The van der Waals surface area contributed by atoms with Crippen LogP contribution >= 0.6 is 11.3 Å². The molecule has 7 heteroatoms. The molecule has 0 aliphatic rings. The highest BCUT2D eigenvalue weighted by Gasteiger charge is 2.13. The van der Waals surface area contributed by atoms with Gasteiger partial charge in [0.25, 0.3) is 0 Å². The van der Waals surface area contributed by atoms with Crippen molar-refractivity contribution in [1.82, 2.24) is 9.97 Å². The van der Waals surface area contributed by atoms with Gasteiger partial charge in [-0.3, -0.25) is 4.79 Å². The van der Waals surface area contributed by atoms with Crippen LogP contribution in [0.3, 0.4) is 0 Å². The zero-order valence-electron chi connectivity index (χ0n) is 19.6. The number of hydrogen-bond acceptors (Lipinski definition) is 5. The minimum Gasteiger partial charge on any atom is -0.481 e. The lowest BCUT2D eigenvalue weighted by atomic mass is 9.97. The molecule has 2 aromatic carbocycles. The third-order valence-corrected chi connectivity index (χ3v) is 7.25. The van der Waals surface area contributed by atoms with Crippen LogP contribution in [0.15, 0.2) is 42.7 Å². The molecule has 0 unspecified atom stereocenters. The van der Waals surface area contributed by atoms with E-state index in [9.17, 15) is 14.3 Å². The number of carboxylic acid groups (broad SMARTS) is 1. The number of carbonyl (C=O) groups is 1. The van der Waals surface area contributed by atoms with Crippen LogP contribution < -0.4 is 5.32 Å². The van der Waals surface area contributed by atoms with Crippen LogP contribution in [-0.4, -0.2) is 27.6 Å². The van der Waals surface area contributed by atoms with Crippen molar-refractivity contribution in [3.8, 4) is 11.3 Å². The van der Waals surface area contributed by atoms with Gasteiger partial charge in [-0.15, -0.1) is 11.3 Å². The first-order chi connectivity index (χ1) is 16.4. The van der Waals surface area contributed by atoms with Crippen molar-refractivity contribution in [3.05, 3.63) is 75.7 Å². The molecule has 0 aliphatic heterocycles. The summed E-state index contributed by atoms with van der Waals surface area (Å²) in [4.78, 5) is 21.2. The average molecular weight is 478 g/mol. The maximum absolute atomic E-state index is 14.0. The van der Waals surface area contributed by atoms with Gasteiger partial charge in [0.2, 0.25) is 0 Å². The van der Waals surface area contributed by atoms with Crippen molar-refractivity contribution < 1.29 is 14.3 Å². The second-order valence-corrected chi connectivity index (χ2v) is 9.73. The first-order valence-electron chi connectivity index (χ1n) is 11.4. The van der Waals surface area contributed by atoms with Crippen LogP contribution in [0.2, 0.25) is 0 Å². The fourth-order valence-electron chi connectivity index (χ4n) is 4.35. The molecule has 0 atom stereocenters. The van der Waals surface area contributed by atoms with Crippen LogP contribution in [-0.2, 0) is 24.1 Å². The Balaban J connectivity index is 1.51. The molecule has 4 rings (SSSR count). The molecule has 2 heterocycles. The summed E-state index contributed by atoms with van der Waals surface area (Å²) in [5.41, 5.74) is 5.75. The fraction of sp³-hybridized carbons (Fsp3) is 0.296. The van der Waals surface area contributed by atoms with Crippen molar-refractivity contribution >= 4 is 33.2 Å². The Bertz CT molecular complexity index is 1350. The number of nitrogens with zero attached hydrogens (tertiary/aromatic N) is 2. The Morgan fingerprint density at radius 3 is 2.68 bits per heavy atom. The number of aromatic nitrogens is 2. The van der Waals surface area contributed by atoms with E-state index < -0.39 is 5.97 Å². The number of thiophene rings is 1. The maximum Gasteiger partial charge on any atom is 0.307 e. The van der Waals surface area contributed by atoms with Crippen molar-refractivity contribution in [3.63, 3.8) is 0 Å². The molecule has 34 heavy (non-hydrogen) atoms. The van der Waals surface area contributed by atoms with Gasteiger partial charge >= 0.3 is 5.97 Å². The smallest absolute Gasteiger partial charge is 0.307 e. The number of rotatable bonds is 9. The topological polar surface area (TPSA) is 75.1 Å². The summed E-state index contributed by atoms with van der Waals surface area (Å²) in [6, 6.07) is 11.0. The molecule has 2 aromatic heterocycles. The number of hydrogen-bond donors (Lipinski definition) is 2. The maximum atomic E-state index is 14.0. The molecule has 0 bridgehead atoms. The Kier molecular flexibility index (Phi) is 7.22. The minimum atomic E-state index is -0.829. The molecule has 2 N–H and O–H groups in total. The number of aliphatic carboxylic acids is 1. The van der Waals surface area contributed by atoms with E-state index in [-0.39, 0.29) is 12.2 Å². The Morgan fingerprint density at radius 1 is 1.09 bits per heavy atom. The summed E-state index contributed by atoms with van der Waals surface area (Å²) >= 11 is 1.71. The standard InChI is InChI=1S/C27H28FN3O2S/c1-4-5-18-11-20(7-6-19(18)12-26(32)33)24-14-25(31-15-30-24)29-9-8-22-17(3)34-27-16(2)10-21(28)13-23(22)27/h6-7,10-11,13-15H,4-5,8-9,12H2,1-3H3,(H,32,33)(H,29,30,31). The summed E-state index contributed by atoms with van der Waals surface area (Å²) in [5.74, 6) is -0.310. The van der Waals surface area contributed by atoms with Crippen LogP contribution in [0, 0.1) is 19.7 Å². The lowest BCUT2D eigenvalue weighted by molar-refractivity contribution is -0.136. The molecular formula is C27H28FN3O2S. The number of benzene rings is 2. The summed E-state index contributed by atoms with van der Waals surface area (Å²) in [6.07, 6.45) is 4.07. The average Bonchev–Trinajstić information content (AvgIpc) is 3.11. The van der Waals surface area contributed by atoms with Crippen molar-refractivity contribution in [2.45, 2.75) is 46.5 Å². The Morgan fingerprint density at radius 2 is 1.91 bits per heavy atom. The zero-order chi connectivity index (χ0) is 24.2. The van der Waals surface area contributed by atoms with Crippen LogP contribution in [0.5, 0.6) is 0 Å². The van der Waals surface area contributed by atoms with E-state index in [4.69, 9.17) is 0 Å². The van der Waals surface area contributed by atoms with Gasteiger partial charge in [-0.1, -0.05) is 25.5 Å². The lowest BCUT2D eigenvalue weighted by Gasteiger charge is -2.11. The molecule has 0 fully saturated rings. The number of halogens is 1. The predicted octanol–water partition coefficient (Wildman–Crippen LogP) is 6.35. The van der Waals surface area contributed by atoms with E-state index >= 15 is 0 Å². The third kappa shape index (κ3) is 5.25. The summed E-state index contributed by atoms with van der Waals surface area (Å²) < 4.78 is 15.1. The van der Waals surface area contributed by atoms with Crippen molar-refractivity contribution in [1.29, 1.82) is 0 Å². The largest absolute Gasteiger partial charge is 0.481 e. The van der Waals surface area contributed by atoms with Crippen molar-refractivity contribution in [2.24, 2.45) is 0 Å². The van der Waals surface area contributed by atoms with E-state index in [1.54, 1.807) is 23.5 Å². The summed E-state index contributed by atoms with van der Waals surface area (Å²) in [6.45, 7) is 6.78. The molecule has 0 amide bonds. The van der Waals surface area contributed by atoms with Gasteiger partial charge in [0.05, 0.1) is 12.1 Å². The number of aryl methyl sites for hydroxylation is 3. The van der Waals surface area contributed by atoms with E-state index in [1.165, 1.54) is 16.8 Å². The van der Waals surface area contributed by atoms with E-state index in [1.807, 2.05) is 31.2 Å². The first-order valence-corrected chi connectivity index (χ1v) is 12.3. The fourth-order valence-corrected chi connectivity index (χ4v) is 5.51. The van der Waals surface area contributed by atoms with Crippen LogP contribution in [0.4, 0.5) is 10.2 Å². The monoisotopic (exact) mass is 477 g/mol. The second-order valence-electron chi connectivity index (χ2n) is 8.51. The Hall–Kier alpha value is -3.32. The quantitative estimate of drug-likeness (QED) is 0.294. The molecule has 176 valence electrons. The van der Waals surface area contributed by atoms with Gasteiger partial charge in [0.15, 0.2) is 0 Å². The Labute approximate surface area is 202 Å².